The molecular formula is C78H99N5O24S4. The maximum absolute atomic E-state index is 14.3. The van der Waals surface area contributed by atoms with E-state index in [2.05, 4.69) is 90.3 Å². The van der Waals surface area contributed by atoms with E-state index in [-0.39, 0.29) is 101 Å². The molecule has 0 spiro atoms. The number of carbonyl (C=O) groups is 7. The van der Waals surface area contributed by atoms with Gasteiger partial charge in [-0.05, 0) is 149 Å². The number of fused-ring (bicyclic) bond motifs is 2. The van der Waals surface area contributed by atoms with Crippen molar-refractivity contribution in [3.8, 4) is 5.75 Å². The number of allylic oxidation sites excluding steroid dienone is 7. The van der Waals surface area contributed by atoms with Crippen LogP contribution < -0.4 is 20.3 Å². The molecule has 33 heteroatoms. The Labute approximate surface area is 652 Å². The van der Waals surface area contributed by atoms with Crippen molar-refractivity contribution >= 4 is 107 Å². The van der Waals surface area contributed by atoms with E-state index in [9.17, 15) is 69.7 Å². The van der Waals surface area contributed by atoms with Crippen molar-refractivity contribution in [2.45, 2.75) is 192 Å². The number of unbranched alkanes of at least 4 members (excludes halogenated alkanes) is 7. The number of urea groups is 1. The summed E-state index contributed by atoms with van der Waals surface area (Å²) in [7, 11) is -10.2. The Morgan fingerprint density at radius 2 is 1.26 bits per heavy atom. The highest BCUT2D eigenvalue weighted by Crippen LogP contribution is 2.48. The highest BCUT2D eigenvalue weighted by Gasteiger charge is 2.44. The number of carboxylic acids is 3. The molecule has 3 aliphatic rings. The molecule has 0 unspecified atom stereocenters. The number of benzene rings is 4. The van der Waals surface area contributed by atoms with Gasteiger partial charge in [-0.1, -0.05) is 124 Å². The summed E-state index contributed by atoms with van der Waals surface area (Å²) in [6.45, 7) is 9.70. The molecule has 0 aromatic heterocycles. The molecule has 6 N–H and O–H groups in total. The van der Waals surface area contributed by atoms with Gasteiger partial charge in [-0.3, -0.25) is 28.5 Å². The molecule has 3 atom stereocenters. The Kier molecular flexibility index (Phi) is 39.5. The SMILES string of the molecule is CN(CCCC(=O)O)C(=O)N[C@@H](CCC(=O)CCCCCCCCC(=O)N[C@@H](Cc1ccccc1)C(=O)C[C@@H](Cc1ccc(OC2=C(C=CC3=[N+](CCCCS(=O)(=O)O)c4ccccc4C3(C)C)CCCC2=CC=C2N(CCCCS(=O)(=O)[O-])c3ccccc3C2(C)C)cc1)C(=O)O)C(=O)O.O=C=O.O=S(=O)=O.O=S=O. The van der Waals surface area contributed by atoms with Crippen LogP contribution in [0.2, 0.25) is 0 Å². The molecular weight excluding hydrogens is 1520 g/mol. The van der Waals surface area contributed by atoms with Crippen LogP contribution in [0.1, 0.15) is 178 Å². The van der Waals surface area contributed by atoms with Gasteiger partial charge in [0.1, 0.15) is 29.9 Å². The zero-order valence-electron chi connectivity index (χ0n) is 62.9. The highest BCUT2D eigenvalue weighted by atomic mass is 32.2. The van der Waals surface area contributed by atoms with Crippen molar-refractivity contribution in [2.75, 3.05) is 43.1 Å². The van der Waals surface area contributed by atoms with Crippen LogP contribution in [-0.4, -0.2) is 175 Å². The van der Waals surface area contributed by atoms with E-state index in [1.54, 1.807) is 24.3 Å². The van der Waals surface area contributed by atoms with Crippen molar-refractivity contribution < 1.29 is 115 Å². The minimum Gasteiger partial charge on any atom is -0.748 e. The molecule has 0 fully saturated rings. The van der Waals surface area contributed by atoms with Gasteiger partial charge >= 0.3 is 52.3 Å². The predicted octanol–water partition coefficient (Wildman–Crippen LogP) is 9.84. The van der Waals surface area contributed by atoms with Crippen LogP contribution in [0.15, 0.2) is 150 Å². The van der Waals surface area contributed by atoms with E-state index in [1.165, 1.54) is 11.9 Å². The number of anilines is 1. The summed E-state index contributed by atoms with van der Waals surface area (Å²) in [4.78, 5) is 108. The lowest BCUT2D eigenvalue weighted by Crippen LogP contribution is -2.47. The quantitative estimate of drug-likeness (QED) is 0.0136. The normalized spacial score (nSPS) is 15.5. The lowest BCUT2D eigenvalue weighted by Gasteiger charge is -2.28. The number of nitrogens with zero attached hydrogens (tertiary/aromatic N) is 3. The zero-order chi connectivity index (χ0) is 82.5. The molecule has 0 saturated heterocycles. The fourth-order valence-corrected chi connectivity index (χ4v) is 14.6. The zero-order valence-corrected chi connectivity index (χ0v) is 66.1. The summed E-state index contributed by atoms with van der Waals surface area (Å²) in [5.74, 6) is -5.18. The number of ketones is 2. The lowest BCUT2D eigenvalue weighted by molar-refractivity contribution is -0.438. The summed E-state index contributed by atoms with van der Waals surface area (Å²) in [5, 5.41) is 34.4. The summed E-state index contributed by atoms with van der Waals surface area (Å²) in [5.41, 5.74) is 8.53. The number of hydrogen-bond acceptors (Lipinski definition) is 21. The largest absolute Gasteiger partial charge is 0.748 e. The molecule has 1 aliphatic carbocycles. The van der Waals surface area contributed by atoms with Crippen LogP contribution in [0.5, 0.6) is 5.75 Å². The molecule has 604 valence electrons. The summed E-state index contributed by atoms with van der Waals surface area (Å²) >= 11 is -0.750. The molecule has 0 bridgehead atoms. The van der Waals surface area contributed by atoms with Crippen molar-refractivity contribution in [3.63, 3.8) is 0 Å². The Morgan fingerprint density at radius 1 is 0.676 bits per heavy atom. The van der Waals surface area contributed by atoms with E-state index in [0.29, 0.717) is 75.1 Å². The van der Waals surface area contributed by atoms with Gasteiger partial charge in [0.2, 0.25) is 11.6 Å². The lowest BCUT2D eigenvalue weighted by atomic mass is 9.81. The van der Waals surface area contributed by atoms with Gasteiger partial charge in [0, 0.05) is 98.9 Å². The van der Waals surface area contributed by atoms with E-state index < -0.39 is 107 Å². The standard InChI is InChI=1S/C77H99N5O17S2.CO2.O3S.O2S/c1-76(2)61-30-15-17-32-65(61)81(47-19-21-49-100(93,94)95)68(76)44-38-56-27-23-28-57(39-45-69-77(3,4)62-31-16-18-33-66(62)82(69)48-20-22-50-101(96,97)98)72(56)99-60-41-36-55(37-42-60)51-58(73(88)89)53-67(84)64(52-54-25-11-10-12-26-54)78-70(85)34-14-9-7-6-8-13-29-59(83)40-43-63(74(90)91)79-75(92)80(5)46-24-35-71(86)87;2-1-3;1-4(2)3;1-3-2/h10-12,15-18,25-26,30-33,36-39,41-42,44-45,58,63-64H,6-9,13-14,19-24,27-29,34-35,40,43,46-53H2,1-5H3,(H6-,78,79,85,86,87,88,89,90,91,92,93,94,95,96,97,98);;;/t58-,63+,64+;;;/m1.../s1. The fourth-order valence-electron chi connectivity index (χ4n) is 13.5. The number of amides is 3. The molecule has 4 aromatic carbocycles. The Morgan fingerprint density at radius 3 is 1.87 bits per heavy atom. The molecule has 29 nitrogen and oxygen atoms in total. The number of carboxylic acid groups (broad SMARTS) is 3. The first-order chi connectivity index (χ1) is 52.5. The van der Waals surface area contributed by atoms with Crippen LogP contribution in [0.25, 0.3) is 0 Å². The topological polar surface area (TPSA) is 454 Å². The summed E-state index contributed by atoms with van der Waals surface area (Å²) in [6.07, 6.45) is 16.4. The molecule has 2 aliphatic heterocycles. The minimum absolute atomic E-state index is 0.00413. The maximum Gasteiger partial charge on any atom is 0.425 e. The highest BCUT2D eigenvalue weighted by molar-refractivity contribution is 7.85. The second-order valence-corrected chi connectivity index (χ2v) is 31.6. The van der Waals surface area contributed by atoms with Crippen LogP contribution in [0.4, 0.5) is 16.2 Å². The van der Waals surface area contributed by atoms with E-state index in [4.69, 9.17) is 40.5 Å². The first-order valence-corrected chi connectivity index (χ1v) is 41.2. The Balaban J connectivity index is 0.00000245. The van der Waals surface area contributed by atoms with Crippen molar-refractivity contribution in [2.24, 2.45) is 5.92 Å². The second-order valence-electron chi connectivity index (χ2n) is 28.0. The van der Waals surface area contributed by atoms with Gasteiger partial charge in [0.25, 0.3) is 10.1 Å². The molecule has 2 heterocycles. The summed E-state index contributed by atoms with van der Waals surface area (Å²) < 4.78 is 119. The number of ether oxygens (including phenoxy) is 1. The number of hydrogen-bond donors (Lipinski definition) is 6. The van der Waals surface area contributed by atoms with E-state index in [0.717, 1.165) is 76.3 Å². The molecule has 0 saturated carbocycles. The molecule has 3 amide bonds. The third-order valence-corrected chi connectivity index (χ3v) is 20.7. The Hall–Kier alpha value is -9.76. The molecule has 111 heavy (non-hydrogen) atoms. The molecule has 7 rings (SSSR count). The van der Waals surface area contributed by atoms with Crippen LogP contribution in [-0.2, 0) is 104 Å². The van der Waals surface area contributed by atoms with Crippen molar-refractivity contribution in [1.29, 1.82) is 0 Å². The summed E-state index contributed by atoms with van der Waals surface area (Å²) in [6, 6.07) is 29.6. The van der Waals surface area contributed by atoms with Gasteiger partial charge in [-0.15, -0.1) is 12.6 Å². The van der Waals surface area contributed by atoms with Gasteiger partial charge in [0.05, 0.1) is 33.2 Å². The van der Waals surface area contributed by atoms with Gasteiger partial charge in [0.15, 0.2) is 11.5 Å². The monoisotopic (exact) mass is 1620 g/mol. The number of Topliss-reactive ketones (excluding diaryl/α,β-unsaturated/α-hetero) is 2. The van der Waals surface area contributed by atoms with Gasteiger partial charge in [-0.2, -0.15) is 31.0 Å². The fraction of sp³-hybridized carbons (Fsp3) is 0.474. The molecule has 0 radical (unpaired) electrons. The third kappa shape index (κ3) is 32.6. The maximum atomic E-state index is 14.3. The average molecular weight is 1620 g/mol. The molecule has 4 aromatic rings. The first kappa shape index (κ1) is 93.6. The van der Waals surface area contributed by atoms with Crippen LogP contribution in [0, 0.1) is 5.92 Å². The number of carbonyl (C=O) groups excluding carboxylic acids is 6. The van der Waals surface area contributed by atoms with Crippen LogP contribution in [0.3, 0.4) is 0 Å². The third-order valence-electron chi connectivity index (χ3n) is 19.1. The average Bonchev–Trinajstić information content (AvgIpc) is 1.60. The number of rotatable bonds is 42. The smallest absolute Gasteiger partial charge is 0.425 e. The first-order valence-electron chi connectivity index (χ1n) is 36.3. The van der Waals surface area contributed by atoms with E-state index >= 15 is 0 Å². The minimum atomic E-state index is -4.39. The van der Waals surface area contributed by atoms with Gasteiger partial charge in [-0.25, -0.2) is 18.0 Å². The predicted molar refractivity (Wildman–Crippen MR) is 410 cm³/mol. The van der Waals surface area contributed by atoms with Crippen LogP contribution >= 0.6 is 0 Å². The Bertz CT molecular complexity index is 4450. The van der Waals surface area contributed by atoms with Crippen molar-refractivity contribution in [1.82, 2.24) is 15.5 Å². The number of aliphatic carboxylic acids is 3. The van der Waals surface area contributed by atoms with Crippen molar-refractivity contribution in [3.05, 3.63) is 172 Å². The number of nitrogens with one attached hydrogen (secondary N) is 2. The van der Waals surface area contributed by atoms with Gasteiger partial charge < -0.3 is 45.0 Å². The van der Waals surface area contributed by atoms with E-state index in [1.807, 2.05) is 60.7 Å². The number of para-hydroxylation sites is 2. The second kappa shape index (κ2) is 46.8.